The number of hydrogen-bond donors (Lipinski definition) is 1. The van der Waals surface area contributed by atoms with Gasteiger partial charge in [0.25, 0.3) is 0 Å². The van der Waals surface area contributed by atoms with Gasteiger partial charge in [0.1, 0.15) is 0 Å². The van der Waals surface area contributed by atoms with Crippen molar-refractivity contribution < 1.29 is 22.6 Å². The number of imidazole rings is 1. The Bertz CT molecular complexity index is 989. The summed E-state index contributed by atoms with van der Waals surface area (Å²) in [5.74, 6) is 1.11. The van der Waals surface area contributed by atoms with E-state index in [-0.39, 0.29) is 12.1 Å². The molecule has 0 aliphatic heterocycles. The van der Waals surface area contributed by atoms with Gasteiger partial charge in [-0.05, 0) is 42.8 Å². The molecule has 1 aromatic heterocycles. The fraction of sp³-hybridized carbons (Fsp3) is 0.278. The maximum absolute atomic E-state index is 12.8. The topological polar surface area (TPSA) is 56.2 Å². The van der Waals surface area contributed by atoms with Crippen LogP contribution < -0.4 is 15.2 Å². The number of nitrogens with one attached hydrogen (secondary N) is 1. The van der Waals surface area contributed by atoms with Gasteiger partial charge < -0.3 is 14.5 Å². The van der Waals surface area contributed by atoms with Gasteiger partial charge >= 0.3 is 11.9 Å². The maximum atomic E-state index is 12.8. The predicted molar refractivity (Wildman–Crippen MR) is 90.8 cm³/mol. The number of ether oxygens (including phenoxy) is 2. The molecule has 26 heavy (non-hydrogen) atoms. The number of hydrogen-bond acceptors (Lipinski definition) is 3. The van der Waals surface area contributed by atoms with Gasteiger partial charge in [-0.2, -0.15) is 13.2 Å². The molecule has 138 valence electrons. The average molecular weight is 366 g/mol. The Labute approximate surface area is 147 Å². The van der Waals surface area contributed by atoms with E-state index in [0.29, 0.717) is 23.6 Å². The fourth-order valence-corrected chi connectivity index (χ4v) is 2.77. The first-order chi connectivity index (χ1) is 12.3. The van der Waals surface area contributed by atoms with Gasteiger partial charge in [-0.15, -0.1) is 0 Å². The van der Waals surface area contributed by atoms with Gasteiger partial charge in [0.2, 0.25) is 0 Å². The maximum Gasteiger partial charge on any atom is 0.416 e. The average Bonchev–Trinajstić information content (AvgIpc) is 2.90. The summed E-state index contributed by atoms with van der Waals surface area (Å²) >= 11 is 0. The van der Waals surface area contributed by atoms with Gasteiger partial charge in [0.05, 0.1) is 36.9 Å². The molecule has 0 bridgehead atoms. The molecule has 0 saturated carbocycles. The highest BCUT2D eigenvalue weighted by molar-refractivity contribution is 5.76. The molecule has 0 radical (unpaired) electrons. The van der Waals surface area contributed by atoms with Crippen LogP contribution in [0.1, 0.15) is 18.1 Å². The van der Waals surface area contributed by atoms with E-state index < -0.39 is 17.4 Å². The van der Waals surface area contributed by atoms with Crippen molar-refractivity contribution >= 4 is 11.0 Å². The zero-order chi connectivity index (χ0) is 18.9. The van der Waals surface area contributed by atoms with E-state index in [1.165, 1.54) is 17.7 Å². The SMILES string of the molecule is CCOc1cc(Cn2c(=O)[nH]c3cc(C(F)(F)F)ccc32)ccc1OC. The van der Waals surface area contributed by atoms with E-state index >= 15 is 0 Å². The van der Waals surface area contributed by atoms with E-state index in [4.69, 9.17) is 9.47 Å². The van der Waals surface area contributed by atoms with Crippen molar-refractivity contribution in [3.8, 4) is 11.5 Å². The number of aromatic amines is 1. The smallest absolute Gasteiger partial charge is 0.416 e. The Morgan fingerprint density at radius 3 is 2.54 bits per heavy atom. The second-order valence-electron chi connectivity index (χ2n) is 5.66. The molecule has 3 aromatic rings. The zero-order valence-electron chi connectivity index (χ0n) is 14.2. The van der Waals surface area contributed by atoms with Crippen molar-refractivity contribution in [3.63, 3.8) is 0 Å². The number of fused-ring (bicyclic) bond motifs is 1. The van der Waals surface area contributed by atoms with Crippen LogP contribution in [0.3, 0.4) is 0 Å². The Kier molecular flexibility index (Phi) is 4.67. The summed E-state index contributed by atoms with van der Waals surface area (Å²) < 4.78 is 50.6. The third kappa shape index (κ3) is 3.40. The van der Waals surface area contributed by atoms with Crippen molar-refractivity contribution in [1.29, 1.82) is 0 Å². The number of rotatable bonds is 5. The van der Waals surface area contributed by atoms with E-state index in [0.717, 1.165) is 17.7 Å². The lowest BCUT2D eigenvalue weighted by Gasteiger charge is -2.12. The molecule has 0 unspecified atom stereocenters. The van der Waals surface area contributed by atoms with Crippen LogP contribution in [0.2, 0.25) is 0 Å². The molecule has 3 rings (SSSR count). The lowest BCUT2D eigenvalue weighted by Crippen LogP contribution is -2.17. The molecule has 0 saturated heterocycles. The summed E-state index contributed by atoms with van der Waals surface area (Å²) in [5.41, 5.74) is 0.0203. The number of halogens is 3. The minimum absolute atomic E-state index is 0.142. The van der Waals surface area contributed by atoms with Crippen LogP contribution in [0.5, 0.6) is 11.5 Å². The molecule has 1 N–H and O–H groups in total. The molecule has 0 spiro atoms. The third-order valence-electron chi connectivity index (χ3n) is 3.97. The van der Waals surface area contributed by atoms with Crippen molar-refractivity contribution in [3.05, 3.63) is 58.0 Å². The van der Waals surface area contributed by atoms with Crippen LogP contribution >= 0.6 is 0 Å². The highest BCUT2D eigenvalue weighted by atomic mass is 19.4. The standard InChI is InChI=1S/C18H17F3N2O3/c1-3-26-16-8-11(4-7-15(16)25-2)10-23-14-6-5-12(18(19,20)21)9-13(14)22-17(23)24/h4-9H,3,10H2,1-2H3,(H,22,24). The van der Waals surface area contributed by atoms with Gasteiger partial charge in [0.15, 0.2) is 11.5 Å². The van der Waals surface area contributed by atoms with Gasteiger partial charge in [-0.3, -0.25) is 4.57 Å². The van der Waals surface area contributed by atoms with Gasteiger partial charge in [-0.25, -0.2) is 4.79 Å². The zero-order valence-corrected chi connectivity index (χ0v) is 14.2. The van der Waals surface area contributed by atoms with Crippen molar-refractivity contribution in [2.45, 2.75) is 19.6 Å². The fourth-order valence-electron chi connectivity index (χ4n) is 2.77. The van der Waals surface area contributed by atoms with E-state index in [1.54, 1.807) is 18.2 Å². The summed E-state index contributed by atoms with van der Waals surface area (Å²) in [6.07, 6.45) is -4.46. The van der Waals surface area contributed by atoms with Crippen LogP contribution in [-0.4, -0.2) is 23.3 Å². The molecule has 1 heterocycles. The minimum Gasteiger partial charge on any atom is -0.493 e. The summed E-state index contributed by atoms with van der Waals surface area (Å²) in [7, 11) is 1.53. The monoisotopic (exact) mass is 366 g/mol. The molecule has 0 atom stereocenters. The number of methoxy groups -OCH3 is 1. The minimum atomic E-state index is -4.46. The van der Waals surface area contributed by atoms with Crippen LogP contribution in [-0.2, 0) is 12.7 Å². The van der Waals surface area contributed by atoms with Crippen molar-refractivity contribution in [1.82, 2.24) is 9.55 Å². The second-order valence-corrected chi connectivity index (χ2v) is 5.66. The Hall–Kier alpha value is -2.90. The van der Waals surface area contributed by atoms with Crippen LogP contribution in [0.25, 0.3) is 11.0 Å². The molecule has 5 nitrogen and oxygen atoms in total. The summed E-state index contributed by atoms with van der Waals surface area (Å²) in [4.78, 5) is 14.7. The molecule has 0 aliphatic rings. The van der Waals surface area contributed by atoms with E-state index in [9.17, 15) is 18.0 Å². The first kappa shape index (κ1) is 17.9. The molecule has 8 heteroatoms. The summed E-state index contributed by atoms with van der Waals surface area (Å²) in [5, 5.41) is 0. The highest BCUT2D eigenvalue weighted by Gasteiger charge is 2.30. The molecule has 0 aliphatic carbocycles. The largest absolute Gasteiger partial charge is 0.493 e. The Morgan fingerprint density at radius 1 is 1.12 bits per heavy atom. The number of nitrogens with zero attached hydrogens (tertiary/aromatic N) is 1. The van der Waals surface area contributed by atoms with Gasteiger partial charge in [-0.1, -0.05) is 6.07 Å². The Morgan fingerprint density at radius 2 is 1.88 bits per heavy atom. The first-order valence-corrected chi connectivity index (χ1v) is 7.93. The Balaban J connectivity index is 2.00. The molecular formula is C18H17F3N2O3. The van der Waals surface area contributed by atoms with Crippen LogP contribution in [0, 0.1) is 0 Å². The van der Waals surface area contributed by atoms with E-state index in [2.05, 4.69) is 4.98 Å². The predicted octanol–water partition coefficient (Wildman–Crippen LogP) is 3.80. The van der Waals surface area contributed by atoms with Crippen LogP contribution in [0.15, 0.2) is 41.2 Å². The van der Waals surface area contributed by atoms with Crippen molar-refractivity contribution in [2.75, 3.05) is 13.7 Å². The normalized spacial score (nSPS) is 11.7. The second kappa shape index (κ2) is 6.78. The number of alkyl halides is 3. The summed E-state index contributed by atoms with van der Waals surface area (Å²) in [6.45, 7) is 2.48. The molecule has 2 aromatic carbocycles. The van der Waals surface area contributed by atoms with Crippen molar-refractivity contribution in [2.24, 2.45) is 0 Å². The van der Waals surface area contributed by atoms with E-state index in [1.807, 2.05) is 6.92 Å². The first-order valence-electron chi connectivity index (χ1n) is 7.93. The lowest BCUT2D eigenvalue weighted by molar-refractivity contribution is -0.137. The molecular weight excluding hydrogens is 349 g/mol. The number of benzene rings is 2. The number of aromatic nitrogens is 2. The highest BCUT2D eigenvalue weighted by Crippen LogP contribution is 2.31. The summed E-state index contributed by atoms with van der Waals surface area (Å²) in [6, 6.07) is 8.44. The lowest BCUT2D eigenvalue weighted by atomic mass is 10.1. The molecule has 0 fully saturated rings. The van der Waals surface area contributed by atoms with Gasteiger partial charge in [0, 0.05) is 0 Å². The molecule has 0 amide bonds. The quantitative estimate of drug-likeness (QED) is 0.747. The number of H-pyrrole nitrogens is 1. The van der Waals surface area contributed by atoms with Crippen LogP contribution in [0.4, 0.5) is 13.2 Å². The third-order valence-corrected chi connectivity index (χ3v) is 3.97.